The zero-order chi connectivity index (χ0) is 16.3. The van der Waals surface area contributed by atoms with Gasteiger partial charge in [-0.1, -0.05) is 0 Å². The Bertz CT molecular complexity index is 469. The molecule has 0 bridgehead atoms. The molecule has 134 valence electrons. The minimum absolute atomic E-state index is 0.0874. The van der Waals surface area contributed by atoms with Gasteiger partial charge in [0.2, 0.25) is 0 Å². The largest absolute Gasteiger partial charge is 0.301 e. The third-order valence-corrected chi connectivity index (χ3v) is 9.01. The van der Waals surface area contributed by atoms with Gasteiger partial charge in [0, 0.05) is 24.1 Å². The standard InChI is InChI=1S/C17H32N2O2S2/c1-23(20,21)15-9-7-13(8-10-15)16-5-2-6-17(19-16)18-12-14-4-3-11-22-14/h13-19H,2-12H2,1H3. The maximum Gasteiger partial charge on any atom is 0.150 e. The summed E-state index contributed by atoms with van der Waals surface area (Å²) in [5, 5.41) is 8.29. The first-order valence-electron chi connectivity index (χ1n) is 9.32. The molecule has 0 aromatic carbocycles. The highest BCUT2D eigenvalue weighted by molar-refractivity contribution is 8.00. The van der Waals surface area contributed by atoms with E-state index in [0.717, 1.165) is 37.5 Å². The molecule has 3 unspecified atom stereocenters. The highest BCUT2D eigenvalue weighted by atomic mass is 32.2. The summed E-state index contributed by atoms with van der Waals surface area (Å²) in [5.41, 5.74) is 0. The van der Waals surface area contributed by atoms with Gasteiger partial charge in [-0.2, -0.15) is 11.8 Å². The van der Waals surface area contributed by atoms with Crippen LogP contribution in [0.15, 0.2) is 0 Å². The summed E-state index contributed by atoms with van der Waals surface area (Å²) in [7, 11) is -2.84. The van der Waals surface area contributed by atoms with E-state index < -0.39 is 9.84 Å². The van der Waals surface area contributed by atoms with Gasteiger partial charge in [-0.25, -0.2) is 8.42 Å². The molecule has 0 aromatic heterocycles. The molecule has 2 saturated heterocycles. The second kappa shape index (κ2) is 8.07. The van der Waals surface area contributed by atoms with Gasteiger partial charge in [0.15, 0.2) is 0 Å². The average Bonchev–Trinajstić information content (AvgIpc) is 3.06. The van der Waals surface area contributed by atoms with Crippen molar-refractivity contribution in [2.75, 3.05) is 18.6 Å². The number of rotatable bonds is 5. The molecular formula is C17H32N2O2S2. The summed E-state index contributed by atoms with van der Waals surface area (Å²) in [6.45, 7) is 1.13. The monoisotopic (exact) mass is 360 g/mol. The maximum absolute atomic E-state index is 11.7. The van der Waals surface area contributed by atoms with Crippen molar-refractivity contribution in [2.24, 2.45) is 5.92 Å². The molecule has 4 nitrogen and oxygen atoms in total. The van der Waals surface area contributed by atoms with Crippen LogP contribution in [0.4, 0.5) is 0 Å². The topological polar surface area (TPSA) is 58.2 Å². The van der Waals surface area contributed by atoms with E-state index in [9.17, 15) is 8.42 Å². The van der Waals surface area contributed by atoms with Crippen molar-refractivity contribution >= 4 is 21.6 Å². The SMILES string of the molecule is CS(=O)(=O)C1CCC(C2CCCC(NCC3CCCS3)N2)CC1. The van der Waals surface area contributed by atoms with Crippen LogP contribution in [0.25, 0.3) is 0 Å². The molecule has 0 spiro atoms. The quantitative estimate of drug-likeness (QED) is 0.789. The minimum Gasteiger partial charge on any atom is -0.301 e. The van der Waals surface area contributed by atoms with Gasteiger partial charge in [-0.3, -0.25) is 5.32 Å². The van der Waals surface area contributed by atoms with E-state index in [1.165, 1.54) is 44.1 Å². The molecular weight excluding hydrogens is 328 g/mol. The predicted octanol–water partition coefficient (Wildman–Crippen LogP) is 2.54. The summed E-state index contributed by atoms with van der Waals surface area (Å²) < 4.78 is 23.4. The fourth-order valence-electron chi connectivity index (χ4n) is 4.50. The second-order valence-corrected chi connectivity index (χ2v) is 11.4. The van der Waals surface area contributed by atoms with Crippen LogP contribution in [0.1, 0.15) is 57.8 Å². The molecule has 6 heteroatoms. The lowest BCUT2D eigenvalue weighted by atomic mass is 9.80. The van der Waals surface area contributed by atoms with Crippen LogP contribution in [0.2, 0.25) is 0 Å². The lowest BCUT2D eigenvalue weighted by Crippen LogP contribution is -2.54. The van der Waals surface area contributed by atoms with Crippen LogP contribution in [0, 0.1) is 5.92 Å². The van der Waals surface area contributed by atoms with Crippen molar-refractivity contribution < 1.29 is 8.42 Å². The van der Waals surface area contributed by atoms with Gasteiger partial charge in [-0.15, -0.1) is 0 Å². The van der Waals surface area contributed by atoms with Crippen LogP contribution in [-0.2, 0) is 9.84 Å². The lowest BCUT2D eigenvalue weighted by molar-refractivity contribution is 0.190. The van der Waals surface area contributed by atoms with E-state index in [1.54, 1.807) is 0 Å². The van der Waals surface area contributed by atoms with Gasteiger partial charge in [0.25, 0.3) is 0 Å². The number of hydrogen-bond donors (Lipinski definition) is 2. The van der Waals surface area contributed by atoms with Gasteiger partial charge < -0.3 is 5.32 Å². The Morgan fingerprint density at radius 1 is 1.04 bits per heavy atom. The molecule has 3 atom stereocenters. The first kappa shape index (κ1) is 18.0. The summed E-state index contributed by atoms with van der Waals surface area (Å²) in [6.07, 6.45) is 12.2. The molecule has 0 radical (unpaired) electrons. The Hall–Kier alpha value is 0.220. The zero-order valence-corrected chi connectivity index (χ0v) is 15.9. The fraction of sp³-hybridized carbons (Fsp3) is 1.00. The summed E-state index contributed by atoms with van der Waals surface area (Å²) in [4.78, 5) is 0. The van der Waals surface area contributed by atoms with E-state index in [0.29, 0.717) is 18.1 Å². The van der Waals surface area contributed by atoms with Crippen LogP contribution in [0.5, 0.6) is 0 Å². The molecule has 3 rings (SSSR count). The van der Waals surface area contributed by atoms with Crippen molar-refractivity contribution in [3.8, 4) is 0 Å². The molecule has 1 saturated carbocycles. The van der Waals surface area contributed by atoms with Crippen LogP contribution in [-0.4, -0.2) is 49.7 Å². The number of sulfone groups is 1. The first-order valence-corrected chi connectivity index (χ1v) is 12.3. The molecule has 0 aromatic rings. The van der Waals surface area contributed by atoms with Crippen LogP contribution >= 0.6 is 11.8 Å². The number of hydrogen-bond acceptors (Lipinski definition) is 5. The normalized spacial score (nSPS) is 39.4. The van der Waals surface area contributed by atoms with Gasteiger partial charge in [-0.05, 0) is 69.5 Å². The van der Waals surface area contributed by atoms with E-state index in [-0.39, 0.29) is 5.25 Å². The summed E-state index contributed by atoms with van der Waals surface area (Å²) in [6, 6.07) is 0.581. The molecule has 2 aliphatic heterocycles. The highest BCUT2D eigenvalue weighted by Crippen LogP contribution is 2.33. The van der Waals surface area contributed by atoms with Crippen molar-refractivity contribution in [1.82, 2.24) is 10.6 Å². The summed E-state index contributed by atoms with van der Waals surface area (Å²) >= 11 is 2.12. The van der Waals surface area contributed by atoms with E-state index in [4.69, 9.17) is 0 Å². The molecule has 0 amide bonds. The van der Waals surface area contributed by atoms with Crippen molar-refractivity contribution in [3.05, 3.63) is 0 Å². The van der Waals surface area contributed by atoms with E-state index in [2.05, 4.69) is 22.4 Å². The van der Waals surface area contributed by atoms with E-state index in [1.807, 2.05) is 0 Å². The third kappa shape index (κ3) is 5.10. The third-order valence-electron chi connectivity index (χ3n) is 5.93. The van der Waals surface area contributed by atoms with Crippen molar-refractivity contribution in [3.63, 3.8) is 0 Å². The zero-order valence-electron chi connectivity index (χ0n) is 14.3. The Kier molecular flexibility index (Phi) is 6.32. The van der Waals surface area contributed by atoms with E-state index >= 15 is 0 Å². The Balaban J connectivity index is 1.43. The van der Waals surface area contributed by atoms with Gasteiger partial charge in [0.05, 0.1) is 11.4 Å². The molecule has 2 N–H and O–H groups in total. The average molecular weight is 361 g/mol. The predicted molar refractivity (Wildman–Crippen MR) is 98.6 cm³/mol. The fourth-order valence-corrected chi connectivity index (χ4v) is 6.84. The summed E-state index contributed by atoms with van der Waals surface area (Å²) in [5.74, 6) is 2.00. The Labute approximate surface area is 145 Å². The first-order chi connectivity index (χ1) is 11.0. The number of nitrogens with one attached hydrogen (secondary N) is 2. The highest BCUT2D eigenvalue weighted by Gasteiger charge is 2.34. The molecule has 3 fully saturated rings. The van der Waals surface area contributed by atoms with Crippen molar-refractivity contribution in [2.45, 2.75) is 80.5 Å². The molecule has 3 aliphatic rings. The Morgan fingerprint density at radius 3 is 2.48 bits per heavy atom. The molecule has 2 heterocycles. The minimum atomic E-state index is -2.84. The molecule has 23 heavy (non-hydrogen) atoms. The van der Waals surface area contributed by atoms with Gasteiger partial charge in [0.1, 0.15) is 9.84 Å². The maximum atomic E-state index is 11.7. The number of thioether (sulfide) groups is 1. The lowest BCUT2D eigenvalue weighted by Gasteiger charge is -2.39. The van der Waals surface area contributed by atoms with Crippen molar-refractivity contribution in [1.29, 1.82) is 0 Å². The molecule has 1 aliphatic carbocycles. The number of piperidine rings is 1. The smallest absolute Gasteiger partial charge is 0.150 e. The second-order valence-electron chi connectivity index (χ2n) is 7.67. The van der Waals surface area contributed by atoms with Crippen LogP contribution < -0.4 is 10.6 Å². The van der Waals surface area contributed by atoms with Gasteiger partial charge >= 0.3 is 0 Å². The Morgan fingerprint density at radius 2 is 1.83 bits per heavy atom. The van der Waals surface area contributed by atoms with Crippen LogP contribution in [0.3, 0.4) is 0 Å².